The summed E-state index contributed by atoms with van der Waals surface area (Å²) in [5, 5.41) is 3.22. The van der Waals surface area contributed by atoms with Crippen molar-refractivity contribution in [3.05, 3.63) is 23.8 Å². The zero-order chi connectivity index (χ0) is 15.8. The van der Waals surface area contributed by atoms with E-state index in [1.807, 2.05) is 6.92 Å². The highest BCUT2D eigenvalue weighted by Gasteiger charge is 2.12. The topological polar surface area (TPSA) is 47.6 Å². The standard InChI is InChI=1S/C14H21F2NO3S/c1-4-19-13-7-11(5-6-12(13)20-14(15)16)8-17-10(2)9-21(3)18/h5-7,10,14,17H,4,8-9H2,1-3H3. The number of ether oxygens (including phenoxy) is 2. The Balaban J connectivity index is 2.71. The molecule has 0 fully saturated rings. The molecule has 0 saturated carbocycles. The molecule has 0 aliphatic heterocycles. The zero-order valence-corrected chi connectivity index (χ0v) is 13.2. The van der Waals surface area contributed by atoms with Gasteiger partial charge in [-0.3, -0.25) is 4.21 Å². The van der Waals surface area contributed by atoms with Crippen molar-refractivity contribution in [1.82, 2.24) is 5.32 Å². The molecule has 0 saturated heterocycles. The van der Waals surface area contributed by atoms with Crippen LogP contribution < -0.4 is 14.8 Å². The number of hydrogen-bond acceptors (Lipinski definition) is 4. The zero-order valence-electron chi connectivity index (χ0n) is 12.4. The fourth-order valence-corrected chi connectivity index (χ4v) is 2.65. The lowest BCUT2D eigenvalue weighted by molar-refractivity contribution is -0.0514. The average molecular weight is 321 g/mol. The van der Waals surface area contributed by atoms with E-state index in [0.717, 1.165) is 5.56 Å². The minimum atomic E-state index is -2.88. The molecule has 2 atom stereocenters. The molecule has 1 aromatic rings. The Bertz CT molecular complexity index is 472. The van der Waals surface area contributed by atoms with E-state index < -0.39 is 17.4 Å². The lowest BCUT2D eigenvalue weighted by Crippen LogP contribution is -2.30. The fraction of sp³-hybridized carbons (Fsp3) is 0.571. The van der Waals surface area contributed by atoms with Gasteiger partial charge in [0, 0.05) is 35.4 Å². The molecule has 21 heavy (non-hydrogen) atoms. The Kier molecular flexibility index (Phi) is 7.60. The van der Waals surface area contributed by atoms with Gasteiger partial charge < -0.3 is 14.8 Å². The highest BCUT2D eigenvalue weighted by atomic mass is 32.2. The van der Waals surface area contributed by atoms with Crippen LogP contribution in [0, 0.1) is 0 Å². The molecular formula is C14H21F2NO3S. The molecule has 0 spiro atoms. The summed E-state index contributed by atoms with van der Waals surface area (Å²) < 4.78 is 45.4. The van der Waals surface area contributed by atoms with E-state index in [1.54, 1.807) is 25.3 Å². The minimum Gasteiger partial charge on any atom is -0.490 e. The van der Waals surface area contributed by atoms with Crippen LogP contribution in [0.5, 0.6) is 11.5 Å². The van der Waals surface area contributed by atoms with Gasteiger partial charge in [-0.05, 0) is 31.5 Å². The van der Waals surface area contributed by atoms with Gasteiger partial charge >= 0.3 is 6.61 Å². The molecule has 0 aliphatic rings. The van der Waals surface area contributed by atoms with Gasteiger partial charge in [-0.25, -0.2) is 0 Å². The minimum absolute atomic E-state index is 0.0262. The van der Waals surface area contributed by atoms with E-state index >= 15 is 0 Å². The third-order valence-electron chi connectivity index (χ3n) is 2.66. The third-order valence-corrected chi connectivity index (χ3v) is 3.63. The Hall–Kier alpha value is -1.21. The van der Waals surface area contributed by atoms with Crippen molar-refractivity contribution in [2.75, 3.05) is 18.6 Å². The Labute approximate surface area is 126 Å². The maximum atomic E-state index is 12.3. The van der Waals surface area contributed by atoms with Gasteiger partial charge in [-0.2, -0.15) is 8.78 Å². The quantitative estimate of drug-likeness (QED) is 0.759. The van der Waals surface area contributed by atoms with E-state index in [9.17, 15) is 13.0 Å². The van der Waals surface area contributed by atoms with E-state index in [-0.39, 0.29) is 11.8 Å². The van der Waals surface area contributed by atoms with E-state index in [2.05, 4.69) is 10.1 Å². The Morgan fingerprint density at radius 1 is 1.33 bits per heavy atom. The number of alkyl halides is 2. The molecule has 1 rings (SSSR count). The summed E-state index contributed by atoms with van der Waals surface area (Å²) >= 11 is 0. The van der Waals surface area contributed by atoms with Gasteiger partial charge in [0.2, 0.25) is 0 Å². The number of halogens is 2. The summed E-state index contributed by atoms with van der Waals surface area (Å²) in [6, 6.07) is 4.94. The van der Waals surface area contributed by atoms with E-state index in [1.165, 1.54) is 6.07 Å². The highest BCUT2D eigenvalue weighted by Crippen LogP contribution is 2.29. The fourth-order valence-electron chi connectivity index (χ4n) is 1.83. The van der Waals surface area contributed by atoms with Gasteiger partial charge in [0.15, 0.2) is 11.5 Å². The number of rotatable bonds is 9. The first-order valence-corrected chi connectivity index (χ1v) is 8.39. The first-order chi connectivity index (χ1) is 9.92. The van der Waals surface area contributed by atoms with Crippen LogP contribution in [-0.2, 0) is 17.3 Å². The third kappa shape index (κ3) is 6.86. The molecule has 0 aromatic heterocycles. The molecular weight excluding hydrogens is 300 g/mol. The molecule has 2 unspecified atom stereocenters. The summed E-state index contributed by atoms with van der Waals surface area (Å²) in [7, 11) is -0.862. The van der Waals surface area contributed by atoms with Crippen molar-refractivity contribution >= 4 is 10.8 Å². The Morgan fingerprint density at radius 2 is 2.05 bits per heavy atom. The highest BCUT2D eigenvalue weighted by molar-refractivity contribution is 7.84. The summed E-state index contributed by atoms with van der Waals surface area (Å²) in [4.78, 5) is 0. The van der Waals surface area contributed by atoms with Gasteiger partial charge in [0.1, 0.15) is 0 Å². The van der Waals surface area contributed by atoms with Crippen LogP contribution in [0.4, 0.5) is 8.78 Å². The van der Waals surface area contributed by atoms with Crippen molar-refractivity contribution in [2.24, 2.45) is 0 Å². The SMILES string of the molecule is CCOc1cc(CNC(C)CS(C)=O)ccc1OC(F)F. The lowest BCUT2D eigenvalue weighted by Gasteiger charge is -2.15. The van der Waals surface area contributed by atoms with Crippen LogP contribution in [0.3, 0.4) is 0 Å². The maximum absolute atomic E-state index is 12.3. The number of benzene rings is 1. The van der Waals surface area contributed by atoms with Crippen LogP contribution in [-0.4, -0.2) is 35.5 Å². The molecule has 7 heteroatoms. The monoisotopic (exact) mass is 321 g/mol. The maximum Gasteiger partial charge on any atom is 0.387 e. The van der Waals surface area contributed by atoms with Crippen LogP contribution in [0.1, 0.15) is 19.4 Å². The molecule has 1 aromatic carbocycles. The van der Waals surface area contributed by atoms with Crippen LogP contribution in [0.15, 0.2) is 18.2 Å². The van der Waals surface area contributed by atoms with Gasteiger partial charge in [-0.1, -0.05) is 6.07 Å². The van der Waals surface area contributed by atoms with Gasteiger partial charge in [-0.15, -0.1) is 0 Å². The van der Waals surface area contributed by atoms with E-state index in [0.29, 0.717) is 24.7 Å². The summed E-state index contributed by atoms with van der Waals surface area (Å²) in [5.41, 5.74) is 0.883. The van der Waals surface area contributed by atoms with Crippen LogP contribution >= 0.6 is 0 Å². The summed E-state index contributed by atoms with van der Waals surface area (Å²) in [5.74, 6) is 0.882. The summed E-state index contributed by atoms with van der Waals surface area (Å²) in [6.07, 6.45) is 1.65. The molecule has 0 heterocycles. The van der Waals surface area contributed by atoms with Crippen molar-refractivity contribution in [3.8, 4) is 11.5 Å². The second kappa shape index (κ2) is 8.94. The van der Waals surface area contributed by atoms with Crippen molar-refractivity contribution in [3.63, 3.8) is 0 Å². The average Bonchev–Trinajstić information content (AvgIpc) is 2.38. The molecule has 120 valence electrons. The van der Waals surface area contributed by atoms with Gasteiger partial charge in [0.25, 0.3) is 0 Å². The summed E-state index contributed by atoms with van der Waals surface area (Å²) in [6.45, 7) is 1.73. The predicted molar refractivity (Wildman–Crippen MR) is 79.5 cm³/mol. The van der Waals surface area contributed by atoms with Crippen molar-refractivity contribution in [1.29, 1.82) is 0 Å². The first-order valence-electron chi connectivity index (χ1n) is 6.66. The first kappa shape index (κ1) is 17.8. The second-order valence-corrected chi connectivity index (χ2v) is 6.09. The molecule has 0 radical (unpaired) electrons. The molecule has 1 N–H and O–H groups in total. The van der Waals surface area contributed by atoms with Gasteiger partial charge in [0.05, 0.1) is 6.61 Å². The van der Waals surface area contributed by atoms with E-state index in [4.69, 9.17) is 4.74 Å². The molecule has 4 nitrogen and oxygen atoms in total. The van der Waals surface area contributed by atoms with Crippen molar-refractivity contribution < 1.29 is 22.5 Å². The second-order valence-electron chi connectivity index (χ2n) is 4.61. The largest absolute Gasteiger partial charge is 0.490 e. The van der Waals surface area contributed by atoms with Crippen LogP contribution in [0.25, 0.3) is 0 Å². The normalized spacial score (nSPS) is 14.0. The molecule has 0 bridgehead atoms. The Morgan fingerprint density at radius 3 is 2.62 bits per heavy atom. The lowest BCUT2D eigenvalue weighted by atomic mass is 10.2. The number of nitrogens with one attached hydrogen (secondary N) is 1. The molecule has 0 amide bonds. The molecule has 0 aliphatic carbocycles. The van der Waals surface area contributed by atoms with Crippen LogP contribution in [0.2, 0.25) is 0 Å². The predicted octanol–water partition coefficient (Wildman–Crippen LogP) is 2.54. The number of hydrogen-bond donors (Lipinski definition) is 1. The smallest absolute Gasteiger partial charge is 0.387 e. The van der Waals surface area contributed by atoms with Crippen molar-refractivity contribution in [2.45, 2.75) is 33.0 Å².